The maximum absolute atomic E-state index is 8.98. The van der Waals surface area contributed by atoms with Crippen molar-refractivity contribution in [2.45, 2.75) is 20.1 Å². The Morgan fingerprint density at radius 2 is 1.96 bits per heavy atom. The second-order valence-corrected chi connectivity index (χ2v) is 6.34. The van der Waals surface area contributed by atoms with Crippen LogP contribution in [0.4, 0.5) is 0 Å². The van der Waals surface area contributed by atoms with Gasteiger partial charge in [0, 0.05) is 34.6 Å². The third-order valence-electron chi connectivity index (χ3n) is 3.94. The van der Waals surface area contributed by atoms with Gasteiger partial charge in [-0.25, -0.2) is 4.98 Å². The van der Waals surface area contributed by atoms with Crippen LogP contribution in [0.1, 0.15) is 16.7 Å². The summed E-state index contributed by atoms with van der Waals surface area (Å²) in [6, 6.07) is 15.8. The highest BCUT2D eigenvalue weighted by atomic mass is 35.5. The average Bonchev–Trinajstić information content (AvgIpc) is 2.61. The number of fused-ring (bicyclic) bond motifs is 1. The zero-order valence-corrected chi connectivity index (χ0v) is 14.9. The van der Waals surface area contributed by atoms with Crippen molar-refractivity contribution in [3.63, 3.8) is 0 Å². The number of pyridine rings is 1. The normalized spacial score (nSPS) is 11.0. The summed E-state index contributed by atoms with van der Waals surface area (Å²) in [6.45, 7) is 3.61. The Hall–Kier alpha value is -2.14. The summed E-state index contributed by atoms with van der Waals surface area (Å²) in [5, 5.41) is 13.9. The van der Waals surface area contributed by atoms with Crippen LogP contribution in [0.2, 0.25) is 5.02 Å². The Morgan fingerprint density at radius 1 is 1.12 bits per heavy atom. The van der Waals surface area contributed by atoms with Crippen molar-refractivity contribution < 1.29 is 9.84 Å². The number of aliphatic hydroxyl groups is 1. The van der Waals surface area contributed by atoms with Crippen molar-refractivity contribution in [2.75, 3.05) is 13.2 Å². The van der Waals surface area contributed by atoms with Crippen LogP contribution in [0.5, 0.6) is 5.88 Å². The Bertz CT molecular complexity index is 867. The maximum atomic E-state index is 8.98. The fourth-order valence-corrected chi connectivity index (χ4v) is 2.83. The second-order valence-electron chi connectivity index (χ2n) is 5.93. The molecule has 0 aliphatic rings. The van der Waals surface area contributed by atoms with E-state index < -0.39 is 0 Å². The number of benzene rings is 2. The topological polar surface area (TPSA) is 54.4 Å². The molecule has 3 rings (SSSR count). The number of rotatable bonds is 7. The van der Waals surface area contributed by atoms with Gasteiger partial charge in [0.1, 0.15) is 6.61 Å². The minimum atomic E-state index is 0.0932. The van der Waals surface area contributed by atoms with Gasteiger partial charge in [0.05, 0.1) is 12.1 Å². The summed E-state index contributed by atoms with van der Waals surface area (Å²) in [6.07, 6.45) is 0. The SMILES string of the molecule is Cc1ccc2nc(OCc3ccccc3Cl)c(CNCCO)cc2c1. The Morgan fingerprint density at radius 3 is 2.76 bits per heavy atom. The number of halogens is 1. The molecule has 25 heavy (non-hydrogen) atoms. The van der Waals surface area contributed by atoms with Crippen LogP contribution in [0.3, 0.4) is 0 Å². The van der Waals surface area contributed by atoms with Crippen molar-refractivity contribution in [1.82, 2.24) is 10.3 Å². The van der Waals surface area contributed by atoms with Gasteiger partial charge in [0.15, 0.2) is 0 Å². The Balaban J connectivity index is 1.89. The van der Waals surface area contributed by atoms with Crippen molar-refractivity contribution >= 4 is 22.5 Å². The minimum absolute atomic E-state index is 0.0932. The first kappa shape index (κ1) is 17.7. The predicted molar refractivity (Wildman–Crippen MR) is 101 cm³/mol. The van der Waals surface area contributed by atoms with Crippen LogP contribution >= 0.6 is 11.6 Å². The highest BCUT2D eigenvalue weighted by Gasteiger charge is 2.10. The van der Waals surface area contributed by atoms with Gasteiger partial charge >= 0.3 is 0 Å². The molecule has 0 fully saturated rings. The van der Waals surface area contributed by atoms with E-state index in [1.165, 1.54) is 5.56 Å². The summed E-state index contributed by atoms with van der Waals surface area (Å²) in [5.41, 5.74) is 3.96. The van der Waals surface area contributed by atoms with Crippen molar-refractivity contribution in [1.29, 1.82) is 0 Å². The van der Waals surface area contributed by atoms with Gasteiger partial charge < -0.3 is 15.2 Å². The zero-order valence-electron chi connectivity index (χ0n) is 14.1. The molecule has 0 amide bonds. The molecule has 0 spiro atoms. The lowest BCUT2D eigenvalue weighted by Gasteiger charge is -2.13. The fourth-order valence-electron chi connectivity index (χ4n) is 2.64. The van der Waals surface area contributed by atoms with Gasteiger partial charge in [-0.15, -0.1) is 0 Å². The van der Waals surface area contributed by atoms with Crippen molar-refractivity contribution in [3.8, 4) is 5.88 Å². The monoisotopic (exact) mass is 356 g/mol. The fraction of sp³-hybridized carbons (Fsp3) is 0.250. The molecule has 2 aromatic carbocycles. The molecule has 4 nitrogen and oxygen atoms in total. The largest absolute Gasteiger partial charge is 0.472 e. The average molecular weight is 357 g/mol. The molecular weight excluding hydrogens is 336 g/mol. The number of hydrogen-bond donors (Lipinski definition) is 2. The highest BCUT2D eigenvalue weighted by Crippen LogP contribution is 2.25. The van der Waals surface area contributed by atoms with E-state index in [1.54, 1.807) is 0 Å². The third kappa shape index (κ3) is 4.48. The van der Waals surface area contributed by atoms with E-state index in [-0.39, 0.29) is 6.61 Å². The van der Waals surface area contributed by atoms with Gasteiger partial charge in [-0.1, -0.05) is 41.4 Å². The maximum Gasteiger partial charge on any atom is 0.218 e. The molecular formula is C20H21ClN2O2. The molecule has 0 atom stereocenters. The van der Waals surface area contributed by atoms with Gasteiger partial charge in [0.2, 0.25) is 5.88 Å². The third-order valence-corrected chi connectivity index (χ3v) is 4.30. The van der Waals surface area contributed by atoms with Gasteiger partial charge in [-0.3, -0.25) is 0 Å². The Labute approximate surface area is 152 Å². The lowest BCUT2D eigenvalue weighted by atomic mass is 10.1. The number of nitrogens with zero attached hydrogens (tertiary/aromatic N) is 1. The second kappa shape index (κ2) is 8.30. The molecule has 0 saturated carbocycles. The lowest BCUT2D eigenvalue weighted by molar-refractivity contribution is 0.283. The van der Waals surface area contributed by atoms with E-state index in [1.807, 2.05) is 36.4 Å². The lowest BCUT2D eigenvalue weighted by Crippen LogP contribution is -2.18. The first-order valence-electron chi connectivity index (χ1n) is 8.25. The summed E-state index contributed by atoms with van der Waals surface area (Å²) in [7, 11) is 0. The van der Waals surface area contributed by atoms with Crippen LogP contribution < -0.4 is 10.1 Å². The van der Waals surface area contributed by atoms with Gasteiger partial charge in [0.25, 0.3) is 0 Å². The van der Waals surface area contributed by atoms with E-state index in [2.05, 4.69) is 29.4 Å². The van der Waals surface area contributed by atoms with Gasteiger partial charge in [-0.2, -0.15) is 0 Å². The molecule has 5 heteroatoms. The summed E-state index contributed by atoms with van der Waals surface area (Å²) in [4.78, 5) is 4.67. The molecule has 0 radical (unpaired) electrons. The number of hydrogen-bond acceptors (Lipinski definition) is 4. The standard InChI is InChI=1S/C20H21ClN2O2/c1-14-6-7-19-16(10-14)11-17(12-22-8-9-24)20(23-19)25-13-15-4-2-3-5-18(15)21/h2-7,10-11,22,24H,8-9,12-13H2,1H3. The summed E-state index contributed by atoms with van der Waals surface area (Å²) < 4.78 is 5.98. The van der Waals surface area contributed by atoms with Crippen LogP contribution in [-0.4, -0.2) is 23.2 Å². The number of ether oxygens (including phenoxy) is 1. The zero-order chi connectivity index (χ0) is 17.6. The molecule has 0 bridgehead atoms. The molecule has 0 saturated heterocycles. The van der Waals surface area contributed by atoms with Crippen LogP contribution in [0, 0.1) is 6.92 Å². The first-order chi connectivity index (χ1) is 12.2. The van der Waals surface area contributed by atoms with E-state index in [0.29, 0.717) is 30.6 Å². The van der Waals surface area contributed by atoms with E-state index in [9.17, 15) is 0 Å². The summed E-state index contributed by atoms with van der Waals surface area (Å²) in [5.74, 6) is 0.585. The van der Waals surface area contributed by atoms with Crippen LogP contribution in [0.25, 0.3) is 10.9 Å². The quantitative estimate of drug-likeness (QED) is 0.631. The molecule has 0 aliphatic carbocycles. The number of aryl methyl sites for hydroxylation is 1. The van der Waals surface area contributed by atoms with Crippen LogP contribution in [-0.2, 0) is 13.2 Å². The molecule has 0 aliphatic heterocycles. The van der Waals surface area contributed by atoms with Crippen molar-refractivity contribution in [3.05, 3.63) is 70.2 Å². The smallest absolute Gasteiger partial charge is 0.218 e. The molecule has 1 aromatic heterocycles. The molecule has 3 aromatic rings. The van der Waals surface area contributed by atoms with Crippen molar-refractivity contribution in [2.24, 2.45) is 0 Å². The van der Waals surface area contributed by atoms with E-state index in [4.69, 9.17) is 21.4 Å². The first-order valence-corrected chi connectivity index (χ1v) is 8.63. The Kier molecular flexibility index (Phi) is 5.87. The molecule has 2 N–H and O–H groups in total. The highest BCUT2D eigenvalue weighted by molar-refractivity contribution is 6.31. The molecule has 130 valence electrons. The minimum Gasteiger partial charge on any atom is -0.472 e. The van der Waals surface area contributed by atoms with Gasteiger partial charge in [-0.05, 0) is 31.2 Å². The van der Waals surface area contributed by atoms with Crippen LogP contribution in [0.15, 0.2) is 48.5 Å². The summed E-state index contributed by atoms with van der Waals surface area (Å²) >= 11 is 6.20. The number of aliphatic hydroxyl groups excluding tert-OH is 1. The van der Waals surface area contributed by atoms with E-state index in [0.717, 1.165) is 22.0 Å². The molecule has 1 heterocycles. The molecule has 0 unspecified atom stereocenters. The van der Waals surface area contributed by atoms with E-state index >= 15 is 0 Å². The number of nitrogens with one attached hydrogen (secondary N) is 1. The predicted octanol–water partition coefficient (Wildman–Crippen LogP) is 3.86. The number of aromatic nitrogens is 1.